The zero-order valence-corrected chi connectivity index (χ0v) is 14.8. The van der Waals surface area contributed by atoms with Crippen LogP contribution in [0.2, 0.25) is 0 Å². The molecule has 5 heteroatoms. The molecule has 2 atom stereocenters. The van der Waals surface area contributed by atoms with E-state index in [1.807, 2.05) is 11.8 Å². The van der Waals surface area contributed by atoms with Crippen molar-refractivity contribution in [2.24, 2.45) is 0 Å². The predicted octanol–water partition coefficient (Wildman–Crippen LogP) is 3.37. The fourth-order valence-corrected chi connectivity index (χ4v) is 3.39. The van der Waals surface area contributed by atoms with Gasteiger partial charge in [0.1, 0.15) is 6.17 Å². The first kappa shape index (κ1) is 16.7. The molecule has 2 unspecified atom stereocenters. The second-order valence-corrected chi connectivity index (χ2v) is 7.36. The maximum absolute atomic E-state index is 12.7. The number of amides is 1. The van der Waals surface area contributed by atoms with Gasteiger partial charge in [0, 0.05) is 17.2 Å². The molecule has 0 bridgehead atoms. The van der Waals surface area contributed by atoms with Crippen LogP contribution in [0.5, 0.6) is 0 Å². The summed E-state index contributed by atoms with van der Waals surface area (Å²) in [7, 11) is 0. The van der Waals surface area contributed by atoms with Crippen molar-refractivity contribution in [1.82, 2.24) is 10.2 Å². The third kappa shape index (κ3) is 3.41. The van der Waals surface area contributed by atoms with E-state index in [1.165, 1.54) is 10.5 Å². The molecule has 1 N–H and O–H groups in total. The molecule has 1 aromatic carbocycles. The topological polar surface area (TPSA) is 32.3 Å². The van der Waals surface area contributed by atoms with E-state index >= 15 is 0 Å². The van der Waals surface area contributed by atoms with E-state index in [1.54, 1.807) is 23.5 Å². The standard InChI is InChI=1S/C16H24N2OS2/c1-5-16(2)15(19)18(10-11-20-3)14(17-16)12-6-8-13(21-4)9-7-12/h6-9,14,17H,5,10-11H2,1-4H3. The first-order valence-electron chi connectivity index (χ1n) is 7.27. The summed E-state index contributed by atoms with van der Waals surface area (Å²) < 4.78 is 0. The maximum Gasteiger partial charge on any atom is 0.244 e. The van der Waals surface area contributed by atoms with Gasteiger partial charge in [-0.05, 0) is 43.6 Å². The number of rotatable bonds is 6. The summed E-state index contributed by atoms with van der Waals surface area (Å²) in [5, 5.41) is 3.54. The highest BCUT2D eigenvalue weighted by Gasteiger charge is 2.46. The second-order valence-electron chi connectivity index (χ2n) is 5.50. The highest BCUT2D eigenvalue weighted by molar-refractivity contribution is 7.98. The molecule has 2 rings (SSSR count). The molecule has 1 aromatic rings. The van der Waals surface area contributed by atoms with Gasteiger partial charge in [-0.25, -0.2) is 0 Å². The Bertz CT molecular complexity index is 492. The van der Waals surface area contributed by atoms with Gasteiger partial charge >= 0.3 is 0 Å². The quantitative estimate of drug-likeness (QED) is 0.813. The van der Waals surface area contributed by atoms with Crippen LogP contribution in [0.3, 0.4) is 0 Å². The number of thioether (sulfide) groups is 2. The smallest absolute Gasteiger partial charge is 0.244 e. The van der Waals surface area contributed by atoms with Crippen molar-refractivity contribution < 1.29 is 4.79 Å². The minimum absolute atomic E-state index is 0.00879. The van der Waals surface area contributed by atoms with Crippen LogP contribution >= 0.6 is 23.5 Å². The Morgan fingerprint density at radius 2 is 1.95 bits per heavy atom. The van der Waals surface area contributed by atoms with Crippen molar-refractivity contribution in [2.45, 2.75) is 36.9 Å². The molecule has 0 radical (unpaired) electrons. The van der Waals surface area contributed by atoms with Crippen LogP contribution in [0.15, 0.2) is 29.2 Å². The first-order chi connectivity index (χ1) is 10.1. The van der Waals surface area contributed by atoms with Gasteiger partial charge in [0.15, 0.2) is 0 Å². The zero-order chi connectivity index (χ0) is 15.5. The van der Waals surface area contributed by atoms with Crippen LogP contribution in [-0.2, 0) is 4.79 Å². The lowest BCUT2D eigenvalue weighted by Gasteiger charge is -2.24. The second kappa shape index (κ2) is 7.07. The normalized spacial score (nSPS) is 25.6. The van der Waals surface area contributed by atoms with Crippen LogP contribution in [0, 0.1) is 0 Å². The molecule has 0 aromatic heterocycles. The van der Waals surface area contributed by atoms with Gasteiger partial charge in [-0.3, -0.25) is 10.1 Å². The average molecular weight is 325 g/mol. The van der Waals surface area contributed by atoms with Gasteiger partial charge in [-0.2, -0.15) is 11.8 Å². The van der Waals surface area contributed by atoms with E-state index < -0.39 is 5.54 Å². The van der Waals surface area contributed by atoms with Gasteiger partial charge in [-0.1, -0.05) is 19.1 Å². The molecule has 0 saturated carbocycles. The van der Waals surface area contributed by atoms with Crippen molar-refractivity contribution in [3.63, 3.8) is 0 Å². The van der Waals surface area contributed by atoms with E-state index in [4.69, 9.17) is 0 Å². The molecule has 1 fully saturated rings. The number of carbonyl (C=O) groups excluding carboxylic acids is 1. The van der Waals surface area contributed by atoms with Crippen LogP contribution in [0.1, 0.15) is 32.0 Å². The van der Waals surface area contributed by atoms with Gasteiger partial charge in [0.2, 0.25) is 5.91 Å². The summed E-state index contributed by atoms with van der Waals surface area (Å²) in [5.74, 6) is 1.19. The molecule has 1 aliphatic rings. The number of hydrogen-bond donors (Lipinski definition) is 1. The number of nitrogens with zero attached hydrogens (tertiary/aromatic N) is 1. The summed E-state index contributed by atoms with van der Waals surface area (Å²) in [5.41, 5.74) is 0.723. The van der Waals surface area contributed by atoms with E-state index in [0.29, 0.717) is 0 Å². The monoisotopic (exact) mass is 324 g/mol. The van der Waals surface area contributed by atoms with Crippen molar-refractivity contribution in [1.29, 1.82) is 0 Å². The highest BCUT2D eigenvalue weighted by atomic mass is 32.2. The van der Waals surface area contributed by atoms with Crippen LogP contribution in [0.4, 0.5) is 0 Å². The molecular formula is C16H24N2OS2. The summed E-state index contributed by atoms with van der Waals surface area (Å²) in [6, 6.07) is 8.51. The van der Waals surface area contributed by atoms with E-state index in [2.05, 4.69) is 49.0 Å². The lowest BCUT2D eigenvalue weighted by molar-refractivity contribution is -0.132. The zero-order valence-electron chi connectivity index (χ0n) is 13.2. The van der Waals surface area contributed by atoms with Crippen LogP contribution in [0.25, 0.3) is 0 Å². The minimum Gasteiger partial charge on any atom is -0.320 e. The Labute approximate surface area is 136 Å². The molecule has 3 nitrogen and oxygen atoms in total. The SMILES string of the molecule is CCC1(C)NC(c2ccc(SC)cc2)N(CCSC)C1=O. The average Bonchev–Trinajstić information content (AvgIpc) is 2.78. The summed E-state index contributed by atoms with van der Waals surface area (Å²) in [6.45, 7) is 4.87. The molecule has 1 amide bonds. The van der Waals surface area contributed by atoms with Gasteiger partial charge < -0.3 is 4.90 Å². The predicted molar refractivity (Wildman–Crippen MR) is 92.9 cm³/mol. The summed E-state index contributed by atoms with van der Waals surface area (Å²) in [6.07, 6.45) is 4.95. The number of nitrogens with one attached hydrogen (secondary N) is 1. The maximum atomic E-state index is 12.7. The van der Waals surface area contributed by atoms with Gasteiger partial charge in [-0.15, -0.1) is 11.8 Å². The Morgan fingerprint density at radius 3 is 2.48 bits per heavy atom. The Kier molecular flexibility index (Phi) is 5.63. The highest BCUT2D eigenvalue weighted by Crippen LogP contribution is 2.33. The third-order valence-electron chi connectivity index (χ3n) is 4.17. The van der Waals surface area contributed by atoms with E-state index in [9.17, 15) is 4.79 Å². The van der Waals surface area contributed by atoms with Crippen molar-refractivity contribution in [3.8, 4) is 0 Å². The Balaban J connectivity index is 2.27. The fraction of sp³-hybridized carbons (Fsp3) is 0.562. The largest absolute Gasteiger partial charge is 0.320 e. The molecule has 21 heavy (non-hydrogen) atoms. The molecule has 116 valence electrons. The third-order valence-corrected chi connectivity index (χ3v) is 5.51. The van der Waals surface area contributed by atoms with Crippen LogP contribution in [-0.4, -0.2) is 41.2 Å². The summed E-state index contributed by atoms with van der Waals surface area (Å²) >= 11 is 3.51. The molecule has 1 heterocycles. The molecule has 0 spiro atoms. The number of hydrogen-bond acceptors (Lipinski definition) is 4. The van der Waals surface area contributed by atoms with Gasteiger partial charge in [0.05, 0.1) is 5.54 Å². The Morgan fingerprint density at radius 1 is 1.29 bits per heavy atom. The van der Waals surface area contributed by atoms with E-state index in [-0.39, 0.29) is 12.1 Å². The molecule has 1 aliphatic heterocycles. The van der Waals surface area contributed by atoms with Gasteiger partial charge in [0.25, 0.3) is 0 Å². The van der Waals surface area contributed by atoms with Crippen molar-refractivity contribution >= 4 is 29.4 Å². The lowest BCUT2D eigenvalue weighted by atomic mass is 9.99. The molecule has 0 aliphatic carbocycles. The summed E-state index contributed by atoms with van der Waals surface area (Å²) in [4.78, 5) is 16.0. The number of benzene rings is 1. The number of carbonyl (C=O) groups is 1. The molecule has 1 saturated heterocycles. The van der Waals surface area contributed by atoms with Crippen LogP contribution < -0.4 is 5.32 Å². The molecular weight excluding hydrogens is 300 g/mol. The van der Waals surface area contributed by atoms with E-state index in [0.717, 1.165) is 18.7 Å². The van der Waals surface area contributed by atoms with Crippen molar-refractivity contribution in [2.75, 3.05) is 24.8 Å². The first-order valence-corrected chi connectivity index (χ1v) is 9.89. The lowest BCUT2D eigenvalue weighted by Crippen LogP contribution is -2.43. The Hall–Kier alpha value is -0.650. The minimum atomic E-state index is -0.443. The fourth-order valence-electron chi connectivity index (χ4n) is 2.60. The van der Waals surface area contributed by atoms with Crippen molar-refractivity contribution in [3.05, 3.63) is 29.8 Å².